The van der Waals surface area contributed by atoms with Gasteiger partial charge < -0.3 is 10.1 Å². The molecule has 1 aromatic rings. The monoisotopic (exact) mass is 217 g/mol. The molecule has 1 saturated heterocycles. The van der Waals surface area contributed by atoms with E-state index in [1.54, 1.807) is 0 Å². The number of nitrogens with one attached hydrogen (secondary N) is 1. The van der Waals surface area contributed by atoms with Crippen molar-refractivity contribution in [1.29, 1.82) is 0 Å². The minimum atomic E-state index is -4.35. The largest absolute Gasteiger partial charge is 0.487 e. The summed E-state index contributed by atoms with van der Waals surface area (Å²) in [6, 6.07) is 5.27. The zero-order valence-electron chi connectivity index (χ0n) is 7.84. The van der Waals surface area contributed by atoms with Crippen LogP contribution in [0.1, 0.15) is 5.56 Å². The SMILES string of the molecule is FC(F)(F)c1ccccc1OC1CNC1. The van der Waals surface area contributed by atoms with Gasteiger partial charge in [0.2, 0.25) is 0 Å². The number of para-hydroxylation sites is 1. The molecule has 1 aromatic carbocycles. The Morgan fingerprint density at radius 1 is 1.20 bits per heavy atom. The Bertz CT molecular complexity index is 347. The number of hydrogen-bond donors (Lipinski definition) is 1. The number of rotatable bonds is 2. The molecule has 0 bridgehead atoms. The smallest absolute Gasteiger partial charge is 0.419 e. The fraction of sp³-hybridized carbons (Fsp3) is 0.400. The fourth-order valence-electron chi connectivity index (χ4n) is 1.33. The summed E-state index contributed by atoms with van der Waals surface area (Å²) >= 11 is 0. The summed E-state index contributed by atoms with van der Waals surface area (Å²) < 4.78 is 42.8. The first-order valence-electron chi connectivity index (χ1n) is 4.61. The van der Waals surface area contributed by atoms with Gasteiger partial charge in [-0.25, -0.2) is 0 Å². The lowest BCUT2D eigenvalue weighted by Gasteiger charge is -2.28. The molecule has 1 aliphatic heterocycles. The summed E-state index contributed by atoms with van der Waals surface area (Å²) in [6.45, 7) is 1.21. The first kappa shape index (κ1) is 10.3. The van der Waals surface area contributed by atoms with E-state index in [1.165, 1.54) is 18.2 Å². The number of hydrogen-bond acceptors (Lipinski definition) is 2. The van der Waals surface area contributed by atoms with E-state index in [0.717, 1.165) is 6.07 Å². The topological polar surface area (TPSA) is 21.3 Å². The molecule has 0 saturated carbocycles. The van der Waals surface area contributed by atoms with E-state index in [1.807, 2.05) is 0 Å². The Morgan fingerprint density at radius 3 is 2.40 bits per heavy atom. The third-order valence-corrected chi connectivity index (χ3v) is 2.23. The molecule has 0 unspecified atom stereocenters. The van der Waals surface area contributed by atoms with Gasteiger partial charge in [0.15, 0.2) is 0 Å². The second kappa shape index (κ2) is 3.73. The van der Waals surface area contributed by atoms with E-state index in [9.17, 15) is 13.2 Å². The van der Waals surface area contributed by atoms with E-state index in [4.69, 9.17) is 4.74 Å². The van der Waals surface area contributed by atoms with Crippen molar-refractivity contribution in [3.63, 3.8) is 0 Å². The Kier molecular flexibility index (Phi) is 2.56. The minimum absolute atomic E-state index is 0.0866. The average molecular weight is 217 g/mol. The Morgan fingerprint density at radius 2 is 1.87 bits per heavy atom. The molecule has 2 rings (SSSR count). The van der Waals surface area contributed by atoms with Crippen molar-refractivity contribution in [1.82, 2.24) is 5.32 Å². The standard InChI is InChI=1S/C10H10F3NO/c11-10(12,13)8-3-1-2-4-9(8)15-7-5-14-6-7/h1-4,7,14H,5-6H2. The molecule has 15 heavy (non-hydrogen) atoms. The molecule has 2 nitrogen and oxygen atoms in total. The molecule has 0 spiro atoms. The molecule has 0 aliphatic carbocycles. The van der Waals surface area contributed by atoms with Gasteiger partial charge in [-0.05, 0) is 12.1 Å². The van der Waals surface area contributed by atoms with Gasteiger partial charge in [0.1, 0.15) is 11.9 Å². The maximum Gasteiger partial charge on any atom is 0.419 e. The fourth-order valence-corrected chi connectivity index (χ4v) is 1.33. The van der Waals surface area contributed by atoms with Crippen LogP contribution in [-0.4, -0.2) is 19.2 Å². The molecule has 0 atom stereocenters. The van der Waals surface area contributed by atoms with E-state index in [-0.39, 0.29) is 11.9 Å². The Labute approximate surface area is 85.0 Å². The highest BCUT2D eigenvalue weighted by Gasteiger charge is 2.35. The van der Waals surface area contributed by atoms with E-state index in [0.29, 0.717) is 13.1 Å². The predicted octanol–water partition coefficient (Wildman–Crippen LogP) is 2.06. The summed E-state index contributed by atoms with van der Waals surface area (Å²) in [4.78, 5) is 0. The summed E-state index contributed by atoms with van der Waals surface area (Å²) in [5, 5.41) is 2.93. The zero-order chi connectivity index (χ0) is 10.9. The second-order valence-electron chi connectivity index (χ2n) is 3.39. The third-order valence-electron chi connectivity index (χ3n) is 2.23. The lowest BCUT2D eigenvalue weighted by atomic mass is 10.1. The van der Waals surface area contributed by atoms with E-state index in [2.05, 4.69) is 5.32 Å². The summed E-state index contributed by atoms with van der Waals surface area (Å²) in [6.07, 6.45) is -4.50. The molecule has 1 N–H and O–H groups in total. The normalized spacial score (nSPS) is 17.3. The second-order valence-corrected chi connectivity index (χ2v) is 3.39. The number of alkyl halides is 3. The Hall–Kier alpha value is -1.23. The van der Waals surface area contributed by atoms with Crippen LogP contribution in [0.4, 0.5) is 13.2 Å². The highest BCUT2D eigenvalue weighted by Crippen LogP contribution is 2.36. The van der Waals surface area contributed by atoms with Crippen LogP contribution in [0.25, 0.3) is 0 Å². The first-order chi connectivity index (χ1) is 7.07. The lowest BCUT2D eigenvalue weighted by Crippen LogP contribution is -2.50. The molecule has 0 aromatic heterocycles. The van der Waals surface area contributed by atoms with Gasteiger partial charge in [-0.3, -0.25) is 0 Å². The van der Waals surface area contributed by atoms with Crippen LogP contribution in [0, 0.1) is 0 Å². The van der Waals surface area contributed by atoms with Crippen LogP contribution in [0.5, 0.6) is 5.75 Å². The van der Waals surface area contributed by atoms with Crippen LogP contribution < -0.4 is 10.1 Å². The minimum Gasteiger partial charge on any atom is -0.487 e. The maximum atomic E-state index is 12.5. The van der Waals surface area contributed by atoms with Gasteiger partial charge >= 0.3 is 6.18 Å². The van der Waals surface area contributed by atoms with Crippen molar-refractivity contribution in [2.45, 2.75) is 12.3 Å². The van der Waals surface area contributed by atoms with Gasteiger partial charge in [0.05, 0.1) is 5.56 Å². The number of ether oxygens (including phenoxy) is 1. The van der Waals surface area contributed by atoms with Crippen molar-refractivity contribution in [3.8, 4) is 5.75 Å². The van der Waals surface area contributed by atoms with Crippen molar-refractivity contribution < 1.29 is 17.9 Å². The van der Waals surface area contributed by atoms with Gasteiger partial charge in [0, 0.05) is 13.1 Å². The summed E-state index contributed by atoms with van der Waals surface area (Å²) in [5.41, 5.74) is -0.711. The number of halogens is 3. The van der Waals surface area contributed by atoms with Gasteiger partial charge in [-0.15, -0.1) is 0 Å². The lowest BCUT2D eigenvalue weighted by molar-refractivity contribution is -0.139. The average Bonchev–Trinajstić information content (AvgIpc) is 2.10. The van der Waals surface area contributed by atoms with Crippen molar-refractivity contribution in [3.05, 3.63) is 29.8 Å². The summed E-state index contributed by atoms with van der Waals surface area (Å²) in [5.74, 6) is -0.0866. The highest BCUT2D eigenvalue weighted by atomic mass is 19.4. The first-order valence-corrected chi connectivity index (χ1v) is 4.61. The van der Waals surface area contributed by atoms with Crippen molar-refractivity contribution in [2.24, 2.45) is 0 Å². The zero-order valence-corrected chi connectivity index (χ0v) is 7.84. The van der Waals surface area contributed by atoms with Crippen molar-refractivity contribution >= 4 is 0 Å². The molecule has 1 fully saturated rings. The molecular weight excluding hydrogens is 207 g/mol. The van der Waals surface area contributed by atoms with Crippen LogP contribution in [0.15, 0.2) is 24.3 Å². The van der Waals surface area contributed by atoms with Crippen LogP contribution in [0.2, 0.25) is 0 Å². The van der Waals surface area contributed by atoms with Crippen LogP contribution in [0.3, 0.4) is 0 Å². The molecule has 0 amide bonds. The van der Waals surface area contributed by atoms with Crippen LogP contribution >= 0.6 is 0 Å². The Balaban J connectivity index is 2.21. The molecule has 5 heteroatoms. The quantitative estimate of drug-likeness (QED) is 0.818. The van der Waals surface area contributed by atoms with Gasteiger partial charge in [-0.1, -0.05) is 12.1 Å². The molecule has 0 radical (unpaired) electrons. The molecule has 1 aliphatic rings. The number of benzene rings is 1. The maximum absolute atomic E-state index is 12.5. The highest BCUT2D eigenvalue weighted by molar-refractivity contribution is 5.35. The van der Waals surface area contributed by atoms with Crippen molar-refractivity contribution in [2.75, 3.05) is 13.1 Å². The molecule has 1 heterocycles. The predicted molar refractivity (Wildman–Crippen MR) is 48.7 cm³/mol. The summed E-state index contributed by atoms with van der Waals surface area (Å²) in [7, 11) is 0. The molecular formula is C10H10F3NO. The third kappa shape index (κ3) is 2.23. The van der Waals surface area contributed by atoms with Gasteiger partial charge in [-0.2, -0.15) is 13.2 Å². The van der Waals surface area contributed by atoms with Gasteiger partial charge in [0.25, 0.3) is 0 Å². The van der Waals surface area contributed by atoms with E-state index < -0.39 is 11.7 Å². The van der Waals surface area contributed by atoms with E-state index >= 15 is 0 Å². The molecule has 82 valence electrons. The van der Waals surface area contributed by atoms with Crippen LogP contribution in [-0.2, 0) is 6.18 Å².